The number of carboxylic acids is 1. The van der Waals surface area contributed by atoms with Gasteiger partial charge in [-0.05, 0) is 73.8 Å². The Morgan fingerprint density at radius 3 is 2.73 bits per heavy atom. The minimum atomic E-state index is -0.712. The van der Waals surface area contributed by atoms with Crippen LogP contribution in [0.2, 0.25) is 0 Å². The molecule has 1 aliphatic heterocycles. The van der Waals surface area contributed by atoms with Crippen molar-refractivity contribution < 1.29 is 14.7 Å². The highest BCUT2D eigenvalue weighted by molar-refractivity contribution is 6.04. The third kappa shape index (κ3) is 3.12. The van der Waals surface area contributed by atoms with Gasteiger partial charge in [0.1, 0.15) is 11.7 Å². The molecule has 0 saturated heterocycles. The topological polar surface area (TPSA) is 94.0 Å². The Morgan fingerprint density at radius 2 is 2.06 bits per heavy atom. The number of fused-ring (bicyclic) bond motifs is 1. The summed E-state index contributed by atoms with van der Waals surface area (Å²) in [6.45, 7) is 8.94. The summed E-state index contributed by atoms with van der Waals surface area (Å²) >= 11 is 0. The number of nitrogens with one attached hydrogen (secondary N) is 2. The van der Waals surface area contributed by atoms with Crippen LogP contribution in [0.15, 0.2) is 60.0 Å². The second-order valence-electron chi connectivity index (χ2n) is 10.1. The maximum Gasteiger partial charge on any atom is 0.320 e. The Hall–Kier alpha value is -3.09. The number of aliphatic imine (C=N–C) groups is 1. The van der Waals surface area contributed by atoms with Crippen molar-refractivity contribution >= 4 is 17.8 Å². The molecule has 1 heterocycles. The number of aliphatic carboxylic acids is 1. The zero-order valence-corrected chi connectivity index (χ0v) is 19.3. The van der Waals surface area contributed by atoms with Gasteiger partial charge in [-0.15, -0.1) is 0 Å². The maximum atomic E-state index is 11.9. The van der Waals surface area contributed by atoms with E-state index in [1.54, 1.807) is 0 Å². The highest BCUT2D eigenvalue weighted by Gasteiger charge is 2.82. The molecule has 174 valence electrons. The molecular formula is C26H32N4O3. The minimum absolute atomic E-state index is 0.146. The van der Waals surface area contributed by atoms with Gasteiger partial charge in [-0.2, -0.15) is 0 Å². The molecule has 0 aromatic heterocycles. The molecule has 5 aliphatic rings. The van der Waals surface area contributed by atoms with Crippen LogP contribution in [0.25, 0.3) is 0 Å². The van der Waals surface area contributed by atoms with E-state index < -0.39 is 5.97 Å². The molecule has 1 aromatic carbocycles. The summed E-state index contributed by atoms with van der Waals surface area (Å²) in [4.78, 5) is 30.0. The molecule has 6 atom stereocenters. The molecule has 4 saturated carbocycles. The molecular weight excluding hydrogens is 416 g/mol. The van der Waals surface area contributed by atoms with Gasteiger partial charge < -0.3 is 15.3 Å². The molecule has 4 fully saturated rings. The number of benzene rings is 1. The second-order valence-corrected chi connectivity index (χ2v) is 10.1. The van der Waals surface area contributed by atoms with Crippen molar-refractivity contribution in [3.63, 3.8) is 0 Å². The van der Waals surface area contributed by atoms with Crippen LogP contribution in [-0.2, 0) is 4.79 Å². The van der Waals surface area contributed by atoms with Crippen molar-refractivity contribution in [3.05, 3.63) is 60.6 Å². The normalized spacial score (nSPS) is 35.8. The number of nitrogens with zero attached hydrogens (tertiary/aromatic N) is 2. The van der Waals surface area contributed by atoms with Gasteiger partial charge in [-0.3, -0.25) is 10.1 Å². The Balaban J connectivity index is 1.41. The first-order valence-corrected chi connectivity index (χ1v) is 11.9. The average molecular weight is 449 g/mol. The number of carbonyl (C=O) groups excluding carboxylic acids is 1. The predicted molar refractivity (Wildman–Crippen MR) is 126 cm³/mol. The van der Waals surface area contributed by atoms with Crippen molar-refractivity contribution in [3.8, 4) is 0 Å². The summed E-state index contributed by atoms with van der Waals surface area (Å²) in [6.07, 6.45) is 6.92. The molecule has 4 aliphatic carbocycles. The smallest absolute Gasteiger partial charge is 0.320 e. The number of rotatable bonds is 6. The Bertz CT molecular complexity index is 1050. The summed E-state index contributed by atoms with van der Waals surface area (Å²) in [7, 11) is 0. The minimum Gasteiger partial charge on any atom is -0.481 e. The number of carboxylic acid groups (broad SMARTS) is 1. The van der Waals surface area contributed by atoms with E-state index in [0.717, 1.165) is 19.3 Å². The SMILES string of the molecule is C=C1N=C(NC(=O)NCC)C=CN1C1(C)CC23C(CCC(=O)O)CC2C1C3c1ccccc1. The van der Waals surface area contributed by atoms with E-state index in [2.05, 4.69) is 58.3 Å². The highest BCUT2D eigenvalue weighted by atomic mass is 16.4. The van der Waals surface area contributed by atoms with Gasteiger partial charge in [0.15, 0.2) is 0 Å². The number of hydrogen-bond donors (Lipinski definition) is 3. The molecule has 2 bridgehead atoms. The number of urea groups is 1. The van der Waals surface area contributed by atoms with Crippen LogP contribution in [0.5, 0.6) is 0 Å². The van der Waals surface area contributed by atoms with Crippen molar-refractivity contribution in [1.29, 1.82) is 0 Å². The number of amidine groups is 1. The van der Waals surface area contributed by atoms with Crippen LogP contribution in [0.1, 0.15) is 51.0 Å². The van der Waals surface area contributed by atoms with Crippen LogP contribution in [0, 0.1) is 23.2 Å². The van der Waals surface area contributed by atoms with Crippen LogP contribution >= 0.6 is 0 Å². The second kappa shape index (κ2) is 7.75. The first-order valence-electron chi connectivity index (χ1n) is 11.9. The molecule has 2 amide bonds. The molecule has 33 heavy (non-hydrogen) atoms. The predicted octanol–water partition coefficient (Wildman–Crippen LogP) is 4.07. The summed E-state index contributed by atoms with van der Waals surface area (Å²) in [5.74, 6) is 2.31. The average Bonchev–Trinajstić information content (AvgIpc) is 3.16. The number of amides is 2. The molecule has 3 N–H and O–H groups in total. The largest absolute Gasteiger partial charge is 0.481 e. The van der Waals surface area contributed by atoms with Gasteiger partial charge in [0.05, 0.1) is 0 Å². The lowest BCUT2D eigenvalue weighted by Crippen LogP contribution is -2.63. The first-order chi connectivity index (χ1) is 15.8. The Kier molecular flexibility index (Phi) is 5.10. The summed E-state index contributed by atoms with van der Waals surface area (Å²) in [6, 6.07) is 10.4. The van der Waals surface area contributed by atoms with Crippen LogP contribution in [0.3, 0.4) is 0 Å². The van der Waals surface area contributed by atoms with Crippen LogP contribution in [0.4, 0.5) is 4.79 Å². The standard InChI is InChI=1S/C26H32N4O3/c1-4-27-24(33)29-20-12-13-30(16(2)28-20)25(3)15-26-18(10-11-21(31)32)14-19(26)23(25)22(26)17-8-6-5-7-9-17/h5-9,12-13,18-19,22-23H,2,4,10-11,14-15H2,1,3H3,(H,31,32)(H2,27,28,29,33). The summed E-state index contributed by atoms with van der Waals surface area (Å²) < 4.78 is 0. The lowest BCUT2D eigenvalue weighted by atomic mass is 9.35. The van der Waals surface area contributed by atoms with E-state index in [9.17, 15) is 14.7 Å². The van der Waals surface area contributed by atoms with Gasteiger partial charge in [0, 0.05) is 24.7 Å². The molecule has 7 heteroatoms. The zero-order chi connectivity index (χ0) is 23.4. The van der Waals surface area contributed by atoms with Crippen molar-refractivity contribution in [2.24, 2.45) is 28.2 Å². The van der Waals surface area contributed by atoms with Crippen molar-refractivity contribution in [2.45, 2.75) is 51.0 Å². The maximum absolute atomic E-state index is 11.9. The van der Waals surface area contributed by atoms with Crippen molar-refractivity contribution in [2.75, 3.05) is 6.54 Å². The molecule has 0 radical (unpaired) electrons. The highest BCUT2D eigenvalue weighted by Crippen LogP contribution is 2.85. The van der Waals surface area contributed by atoms with E-state index in [1.807, 2.05) is 25.3 Å². The zero-order valence-electron chi connectivity index (χ0n) is 19.3. The molecule has 1 aromatic rings. The van der Waals surface area contributed by atoms with Gasteiger partial charge in [0.2, 0.25) is 0 Å². The van der Waals surface area contributed by atoms with Crippen LogP contribution in [-0.4, -0.2) is 39.9 Å². The summed E-state index contributed by atoms with van der Waals surface area (Å²) in [5.41, 5.74) is 1.35. The molecule has 7 nitrogen and oxygen atoms in total. The number of hydrogen-bond acceptors (Lipinski definition) is 4. The molecule has 6 rings (SSSR count). The van der Waals surface area contributed by atoms with Crippen LogP contribution < -0.4 is 10.6 Å². The Morgan fingerprint density at radius 1 is 1.30 bits per heavy atom. The third-order valence-electron chi connectivity index (χ3n) is 8.65. The molecule has 6 unspecified atom stereocenters. The van der Waals surface area contributed by atoms with E-state index in [1.165, 1.54) is 5.56 Å². The van der Waals surface area contributed by atoms with Gasteiger partial charge in [0.25, 0.3) is 0 Å². The van der Waals surface area contributed by atoms with E-state index in [0.29, 0.717) is 41.9 Å². The van der Waals surface area contributed by atoms with Gasteiger partial charge in [-0.1, -0.05) is 36.9 Å². The van der Waals surface area contributed by atoms with Gasteiger partial charge >= 0.3 is 12.0 Å². The van der Waals surface area contributed by atoms with Crippen molar-refractivity contribution in [1.82, 2.24) is 15.5 Å². The fraction of sp³-hybridized carbons (Fsp3) is 0.500. The fourth-order valence-corrected chi connectivity index (χ4v) is 7.64. The lowest BCUT2D eigenvalue weighted by molar-refractivity contribution is -0.173. The molecule has 1 spiro atoms. The van der Waals surface area contributed by atoms with E-state index >= 15 is 0 Å². The summed E-state index contributed by atoms with van der Waals surface area (Å²) in [5, 5.41) is 14.8. The quantitative estimate of drug-likeness (QED) is 0.612. The van der Waals surface area contributed by atoms with E-state index in [-0.39, 0.29) is 23.4 Å². The monoisotopic (exact) mass is 448 g/mol. The Labute approximate surface area is 194 Å². The first kappa shape index (κ1) is 21.7. The van der Waals surface area contributed by atoms with E-state index in [4.69, 9.17) is 0 Å². The lowest BCUT2D eigenvalue weighted by Gasteiger charge is -2.68. The van der Waals surface area contributed by atoms with Gasteiger partial charge in [-0.25, -0.2) is 9.79 Å². The number of carbonyl (C=O) groups is 2. The fourth-order valence-electron chi connectivity index (χ4n) is 7.64. The third-order valence-corrected chi connectivity index (χ3v) is 8.65.